The molecule has 1 nitrogen and oxygen atoms in total. The average Bonchev–Trinajstić information content (AvgIpc) is 2.36. The molecule has 0 fully saturated rings. The summed E-state index contributed by atoms with van der Waals surface area (Å²) in [6, 6.07) is 13.0. The molecular formula is C15H14Br2FN. The molecule has 0 aliphatic rings. The first-order chi connectivity index (χ1) is 9.06. The van der Waals surface area contributed by atoms with Crippen LogP contribution in [0, 0.1) is 5.82 Å². The van der Waals surface area contributed by atoms with Crippen molar-refractivity contribution in [3.8, 4) is 0 Å². The van der Waals surface area contributed by atoms with E-state index in [1.54, 1.807) is 0 Å². The van der Waals surface area contributed by atoms with E-state index in [1.807, 2.05) is 24.3 Å². The number of hydrogen-bond acceptors (Lipinski definition) is 1. The normalized spacial score (nSPS) is 11.0. The van der Waals surface area contributed by atoms with Gasteiger partial charge in [-0.3, -0.25) is 4.90 Å². The van der Waals surface area contributed by atoms with E-state index >= 15 is 0 Å². The summed E-state index contributed by atoms with van der Waals surface area (Å²) < 4.78 is 15.0. The standard InChI is InChI=1S/C15H14Br2FN/c1-19(9-11-4-2-3-5-14(11)16)10-12-6-7-13(18)8-15(12)17/h2-8H,9-10H2,1H3. The molecule has 0 aliphatic heterocycles. The van der Waals surface area contributed by atoms with Crippen molar-refractivity contribution in [3.63, 3.8) is 0 Å². The summed E-state index contributed by atoms with van der Waals surface area (Å²) in [6.45, 7) is 1.60. The lowest BCUT2D eigenvalue weighted by molar-refractivity contribution is 0.317. The van der Waals surface area contributed by atoms with Crippen LogP contribution in [0.3, 0.4) is 0 Å². The highest BCUT2D eigenvalue weighted by molar-refractivity contribution is 9.10. The zero-order chi connectivity index (χ0) is 13.8. The van der Waals surface area contributed by atoms with E-state index in [4.69, 9.17) is 0 Å². The van der Waals surface area contributed by atoms with Crippen molar-refractivity contribution < 1.29 is 4.39 Å². The molecule has 0 heterocycles. The van der Waals surface area contributed by atoms with Crippen LogP contribution in [-0.4, -0.2) is 11.9 Å². The summed E-state index contributed by atoms with van der Waals surface area (Å²) >= 11 is 6.95. The Labute approximate surface area is 129 Å². The molecule has 0 saturated heterocycles. The van der Waals surface area contributed by atoms with Crippen LogP contribution in [0.5, 0.6) is 0 Å². The minimum Gasteiger partial charge on any atom is -0.298 e. The zero-order valence-electron chi connectivity index (χ0n) is 10.5. The molecule has 2 aromatic carbocycles. The molecule has 0 bridgehead atoms. The molecule has 0 aliphatic carbocycles. The minimum atomic E-state index is -0.218. The van der Waals surface area contributed by atoms with Crippen LogP contribution in [0.15, 0.2) is 51.4 Å². The monoisotopic (exact) mass is 385 g/mol. The third-order valence-corrected chi connectivity index (χ3v) is 4.37. The highest BCUT2D eigenvalue weighted by Crippen LogP contribution is 2.22. The fraction of sp³-hybridized carbons (Fsp3) is 0.200. The van der Waals surface area contributed by atoms with E-state index in [9.17, 15) is 4.39 Å². The average molecular weight is 387 g/mol. The first-order valence-electron chi connectivity index (χ1n) is 5.92. The Morgan fingerprint density at radius 1 is 0.947 bits per heavy atom. The van der Waals surface area contributed by atoms with E-state index in [0.717, 1.165) is 27.6 Å². The van der Waals surface area contributed by atoms with Crippen LogP contribution in [0.1, 0.15) is 11.1 Å². The molecule has 2 rings (SSSR count). The summed E-state index contributed by atoms with van der Waals surface area (Å²) in [5.41, 5.74) is 2.32. The molecule has 0 radical (unpaired) electrons. The van der Waals surface area contributed by atoms with Crippen LogP contribution >= 0.6 is 31.9 Å². The van der Waals surface area contributed by atoms with Crippen molar-refractivity contribution >= 4 is 31.9 Å². The molecule has 0 spiro atoms. The minimum absolute atomic E-state index is 0.218. The Bertz CT molecular complexity index is 572. The van der Waals surface area contributed by atoms with E-state index in [1.165, 1.54) is 17.7 Å². The van der Waals surface area contributed by atoms with Crippen LogP contribution in [0.4, 0.5) is 4.39 Å². The lowest BCUT2D eigenvalue weighted by Crippen LogP contribution is -2.17. The molecule has 0 N–H and O–H groups in total. The SMILES string of the molecule is CN(Cc1ccccc1Br)Cc1ccc(F)cc1Br. The quantitative estimate of drug-likeness (QED) is 0.715. The van der Waals surface area contributed by atoms with Crippen LogP contribution < -0.4 is 0 Å². The van der Waals surface area contributed by atoms with Crippen molar-refractivity contribution in [3.05, 3.63) is 68.4 Å². The summed E-state index contributed by atoms with van der Waals surface area (Å²) in [5.74, 6) is -0.218. The molecule has 0 amide bonds. The van der Waals surface area contributed by atoms with Gasteiger partial charge >= 0.3 is 0 Å². The van der Waals surface area contributed by atoms with Gasteiger partial charge in [0.2, 0.25) is 0 Å². The Balaban J connectivity index is 2.05. The Morgan fingerprint density at radius 2 is 1.58 bits per heavy atom. The summed E-state index contributed by atoms with van der Waals surface area (Å²) in [6.07, 6.45) is 0. The van der Waals surface area contributed by atoms with Gasteiger partial charge in [-0.15, -0.1) is 0 Å². The lowest BCUT2D eigenvalue weighted by Gasteiger charge is -2.18. The van der Waals surface area contributed by atoms with Gasteiger partial charge in [-0.05, 0) is 36.4 Å². The van der Waals surface area contributed by atoms with E-state index in [-0.39, 0.29) is 5.82 Å². The maximum atomic E-state index is 13.0. The Morgan fingerprint density at radius 3 is 2.21 bits per heavy atom. The topological polar surface area (TPSA) is 3.24 Å². The van der Waals surface area contributed by atoms with Crippen molar-refractivity contribution in [2.75, 3.05) is 7.05 Å². The van der Waals surface area contributed by atoms with E-state index < -0.39 is 0 Å². The predicted octanol–water partition coefficient (Wildman–Crippen LogP) is 4.98. The maximum Gasteiger partial charge on any atom is 0.124 e. The third-order valence-electron chi connectivity index (χ3n) is 2.85. The van der Waals surface area contributed by atoms with Gasteiger partial charge in [0.15, 0.2) is 0 Å². The number of nitrogens with zero attached hydrogens (tertiary/aromatic N) is 1. The first-order valence-corrected chi connectivity index (χ1v) is 7.51. The largest absolute Gasteiger partial charge is 0.298 e. The van der Waals surface area contributed by atoms with Crippen LogP contribution in [-0.2, 0) is 13.1 Å². The van der Waals surface area contributed by atoms with Crippen LogP contribution in [0.25, 0.3) is 0 Å². The first kappa shape index (κ1) is 14.7. The molecule has 2 aromatic rings. The molecule has 0 aromatic heterocycles. The van der Waals surface area contributed by atoms with Gasteiger partial charge in [0.25, 0.3) is 0 Å². The van der Waals surface area contributed by atoms with E-state index in [0.29, 0.717) is 0 Å². The summed E-state index contributed by atoms with van der Waals surface area (Å²) in [4.78, 5) is 2.19. The van der Waals surface area contributed by atoms with Gasteiger partial charge in [-0.25, -0.2) is 4.39 Å². The number of hydrogen-bond donors (Lipinski definition) is 0. The summed E-state index contributed by atoms with van der Waals surface area (Å²) in [5, 5.41) is 0. The highest BCUT2D eigenvalue weighted by atomic mass is 79.9. The second kappa shape index (κ2) is 6.64. The molecule has 0 unspecified atom stereocenters. The van der Waals surface area contributed by atoms with Crippen molar-refractivity contribution in [1.82, 2.24) is 4.90 Å². The molecule has 0 atom stereocenters. The van der Waals surface area contributed by atoms with Crippen molar-refractivity contribution in [2.45, 2.75) is 13.1 Å². The molecular weight excluding hydrogens is 373 g/mol. The predicted molar refractivity (Wildman–Crippen MR) is 83.4 cm³/mol. The fourth-order valence-corrected chi connectivity index (χ4v) is 2.80. The molecule has 0 saturated carbocycles. The van der Waals surface area contributed by atoms with Crippen LogP contribution in [0.2, 0.25) is 0 Å². The molecule has 4 heteroatoms. The van der Waals surface area contributed by atoms with Gasteiger partial charge in [-0.1, -0.05) is 56.1 Å². The molecule has 19 heavy (non-hydrogen) atoms. The van der Waals surface area contributed by atoms with Crippen molar-refractivity contribution in [1.29, 1.82) is 0 Å². The van der Waals surface area contributed by atoms with Gasteiger partial charge in [0.1, 0.15) is 5.82 Å². The number of benzene rings is 2. The Kier molecular flexibility index (Phi) is 5.13. The van der Waals surface area contributed by atoms with Crippen molar-refractivity contribution in [2.24, 2.45) is 0 Å². The smallest absolute Gasteiger partial charge is 0.124 e. The third kappa shape index (κ3) is 4.13. The lowest BCUT2D eigenvalue weighted by atomic mass is 10.2. The highest BCUT2D eigenvalue weighted by Gasteiger charge is 2.07. The zero-order valence-corrected chi connectivity index (χ0v) is 13.7. The second-order valence-electron chi connectivity index (χ2n) is 4.50. The summed E-state index contributed by atoms with van der Waals surface area (Å²) in [7, 11) is 2.05. The van der Waals surface area contributed by atoms with E-state index in [2.05, 4.69) is 49.9 Å². The van der Waals surface area contributed by atoms with Gasteiger partial charge in [-0.2, -0.15) is 0 Å². The van der Waals surface area contributed by atoms with Gasteiger partial charge < -0.3 is 0 Å². The number of halogens is 3. The van der Waals surface area contributed by atoms with Gasteiger partial charge in [0, 0.05) is 22.0 Å². The number of rotatable bonds is 4. The fourth-order valence-electron chi connectivity index (χ4n) is 1.91. The maximum absolute atomic E-state index is 13.0. The Hall–Kier alpha value is -0.710. The second-order valence-corrected chi connectivity index (χ2v) is 6.21. The molecule has 100 valence electrons. The van der Waals surface area contributed by atoms with Gasteiger partial charge in [0.05, 0.1) is 0 Å².